The fraction of sp³-hybridized carbons (Fsp3) is 0.349. The van der Waals surface area contributed by atoms with Crippen LogP contribution in [0.25, 0.3) is 22.0 Å². The van der Waals surface area contributed by atoms with Crippen LogP contribution in [0.15, 0.2) is 95.8 Å². The van der Waals surface area contributed by atoms with Gasteiger partial charge >= 0.3 is 12.3 Å². The van der Waals surface area contributed by atoms with Crippen molar-refractivity contribution in [1.82, 2.24) is 19.4 Å². The number of fused-ring (bicyclic) bond motifs is 1. The predicted molar refractivity (Wildman–Crippen MR) is 204 cm³/mol. The van der Waals surface area contributed by atoms with Crippen molar-refractivity contribution < 1.29 is 41.4 Å². The number of aliphatic carboxylic acids is 1. The molecule has 1 atom stereocenters. The Morgan fingerprint density at radius 3 is 2.18 bits per heavy atom. The average molecular weight is 791 g/mol. The normalized spacial score (nSPS) is 15.0. The monoisotopic (exact) mass is 790 g/mol. The minimum Gasteiger partial charge on any atom is -0.480 e. The van der Waals surface area contributed by atoms with Crippen molar-refractivity contribution in [3.63, 3.8) is 0 Å². The van der Waals surface area contributed by atoms with E-state index in [9.17, 15) is 41.4 Å². The van der Waals surface area contributed by atoms with Crippen LogP contribution < -0.4 is 10.3 Å². The number of amides is 1. The summed E-state index contributed by atoms with van der Waals surface area (Å²) in [6, 6.07) is 23.2. The van der Waals surface area contributed by atoms with E-state index in [0.717, 1.165) is 17.2 Å². The Morgan fingerprint density at radius 1 is 0.895 bits per heavy atom. The van der Waals surface area contributed by atoms with Crippen LogP contribution in [-0.4, -0.2) is 67.4 Å². The van der Waals surface area contributed by atoms with Crippen LogP contribution in [0.3, 0.4) is 0 Å². The fourth-order valence-electron chi connectivity index (χ4n) is 7.68. The molecule has 0 saturated carbocycles. The summed E-state index contributed by atoms with van der Waals surface area (Å²) in [7, 11) is 0. The minimum atomic E-state index is -4.81. The van der Waals surface area contributed by atoms with Crippen LogP contribution >= 0.6 is 0 Å². The molecule has 9 nitrogen and oxygen atoms in total. The maximum Gasteiger partial charge on any atom is 0.573 e. The zero-order valence-electron chi connectivity index (χ0n) is 31.6. The molecule has 1 N–H and O–H groups in total. The Bertz CT molecular complexity index is 2270. The first kappa shape index (κ1) is 41.0. The Balaban J connectivity index is 1.30. The Labute approximate surface area is 326 Å². The number of rotatable bonds is 14. The van der Waals surface area contributed by atoms with Gasteiger partial charge in [0.2, 0.25) is 5.91 Å². The number of piperidine rings is 1. The Morgan fingerprint density at radius 2 is 1.54 bits per heavy atom. The third-order valence-electron chi connectivity index (χ3n) is 10.8. The number of benzene rings is 4. The number of aromatic nitrogens is 2. The Hall–Kier alpha value is -5.63. The maximum absolute atomic E-state index is 14.7. The van der Waals surface area contributed by atoms with E-state index in [0.29, 0.717) is 55.2 Å². The number of ether oxygens (including phenoxy) is 1. The number of carboxylic acids is 1. The van der Waals surface area contributed by atoms with Gasteiger partial charge in [-0.05, 0) is 85.2 Å². The van der Waals surface area contributed by atoms with Gasteiger partial charge in [-0.3, -0.25) is 19.3 Å². The van der Waals surface area contributed by atoms with E-state index in [4.69, 9.17) is 0 Å². The first-order valence-electron chi connectivity index (χ1n) is 18.8. The number of aryl methyl sites for hydroxylation is 2. The summed E-state index contributed by atoms with van der Waals surface area (Å²) in [6.45, 7) is 4.51. The van der Waals surface area contributed by atoms with Gasteiger partial charge in [-0.2, -0.15) is 4.98 Å². The number of carboxylic acid groups (broad SMARTS) is 1. The molecule has 1 saturated heterocycles. The molecular formula is C43H43F5N4O5. The number of nitrogens with zero attached hydrogens (tertiary/aromatic N) is 4. The second kappa shape index (κ2) is 17.2. The lowest BCUT2D eigenvalue weighted by Crippen LogP contribution is -2.57. The predicted octanol–water partition coefficient (Wildman–Crippen LogP) is 8.16. The van der Waals surface area contributed by atoms with Crippen molar-refractivity contribution in [3.8, 4) is 16.9 Å². The average Bonchev–Trinajstić information content (AvgIpc) is 3.19. The number of likely N-dealkylation sites (tertiary alicyclic amines) is 1. The van der Waals surface area contributed by atoms with E-state index in [1.165, 1.54) is 36.4 Å². The van der Waals surface area contributed by atoms with Gasteiger partial charge in [-0.1, -0.05) is 74.0 Å². The second-order valence-corrected chi connectivity index (χ2v) is 14.5. The highest BCUT2D eigenvalue weighted by molar-refractivity contribution is 5.82. The van der Waals surface area contributed by atoms with E-state index in [-0.39, 0.29) is 55.0 Å². The summed E-state index contributed by atoms with van der Waals surface area (Å²) >= 11 is 0. The smallest absolute Gasteiger partial charge is 0.480 e. The number of hydrogen-bond acceptors (Lipinski definition) is 6. The number of hydrogen-bond donors (Lipinski definition) is 1. The first-order valence-corrected chi connectivity index (χ1v) is 18.8. The third kappa shape index (κ3) is 9.50. The van der Waals surface area contributed by atoms with E-state index >= 15 is 0 Å². The van der Waals surface area contributed by atoms with Gasteiger partial charge in [0.25, 0.3) is 5.56 Å². The van der Waals surface area contributed by atoms with Gasteiger partial charge in [0.15, 0.2) is 11.6 Å². The summed E-state index contributed by atoms with van der Waals surface area (Å²) in [5.41, 5.74) is 1.17. The van der Waals surface area contributed by atoms with Crippen molar-refractivity contribution in [1.29, 1.82) is 0 Å². The summed E-state index contributed by atoms with van der Waals surface area (Å²) in [6.07, 6.45) is -2.59. The molecule has 14 heteroatoms. The van der Waals surface area contributed by atoms with Gasteiger partial charge < -0.3 is 19.3 Å². The van der Waals surface area contributed by atoms with Crippen LogP contribution in [0.5, 0.6) is 5.75 Å². The van der Waals surface area contributed by atoms with Crippen molar-refractivity contribution in [2.45, 2.75) is 83.4 Å². The van der Waals surface area contributed by atoms with Crippen LogP contribution in [0.2, 0.25) is 0 Å². The van der Waals surface area contributed by atoms with Crippen LogP contribution in [0.4, 0.5) is 22.0 Å². The van der Waals surface area contributed by atoms with E-state index in [1.54, 1.807) is 40.7 Å². The summed E-state index contributed by atoms with van der Waals surface area (Å²) in [4.78, 5) is 48.2. The highest BCUT2D eigenvalue weighted by Crippen LogP contribution is 2.30. The molecular weight excluding hydrogens is 747 g/mol. The summed E-state index contributed by atoms with van der Waals surface area (Å²) in [5.74, 6) is -3.28. The van der Waals surface area contributed by atoms with Crippen LogP contribution in [-0.2, 0) is 35.5 Å². The highest BCUT2D eigenvalue weighted by atomic mass is 19.4. The zero-order valence-corrected chi connectivity index (χ0v) is 31.6. The minimum absolute atomic E-state index is 0.0231. The molecule has 1 unspecified atom stereocenters. The number of carbonyl (C=O) groups excluding carboxylic acids is 1. The molecule has 1 aliphatic heterocycles. The molecule has 5 aromatic rings. The molecule has 57 heavy (non-hydrogen) atoms. The molecule has 0 radical (unpaired) electrons. The molecule has 1 fully saturated rings. The molecule has 4 aromatic carbocycles. The molecule has 0 aliphatic carbocycles. The van der Waals surface area contributed by atoms with E-state index in [1.807, 2.05) is 36.1 Å². The van der Waals surface area contributed by atoms with Crippen molar-refractivity contribution >= 4 is 22.8 Å². The van der Waals surface area contributed by atoms with Gasteiger partial charge in [-0.25, -0.2) is 8.78 Å². The lowest BCUT2D eigenvalue weighted by atomic mass is 9.90. The van der Waals surface area contributed by atoms with Crippen LogP contribution in [0, 0.1) is 11.6 Å². The van der Waals surface area contributed by atoms with Crippen molar-refractivity contribution in [2.24, 2.45) is 0 Å². The number of halogens is 5. The van der Waals surface area contributed by atoms with Crippen LogP contribution in [0.1, 0.15) is 56.5 Å². The standard InChI is InChI=1S/C43H43F5N4O5/c1-3-23-42(2,41(55)56)50-24-21-32(22-25-50)51(26-28-11-13-29(14-12-28)30-15-18-33(19-16-30)57-43(46,47)48)38(53)27-52-36-10-5-4-8-34(36)40(54)49-37(52)20-17-31-7-6-9-35(44)39(31)45/h4-16,18-19,32H,3,17,20-27H2,1-2H3,(H,55,56). The van der Waals surface area contributed by atoms with Gasteiger partial charge in [0.05, 0.1) is 10.9 Å². The second-order valence-electron chi connectivity index (χ2n) is 14.5. The maximum atomic E-state index is 14.7. The molecule has 0 bridgehead atoms. The molecule has 2 heterocycles. The molecule has 6 rings (SSSR count). The summed E-state index contributed by atoms with van der Waals surface area (Å²) in [5, 5.41) is 10.4. The largest absolute Gasteiger partial charge is 0.573 e. The molecule has 1 aromatic heterocycles. The SMILES string of the molecule is CCCC(C)(C(=O)O)N1CCC(N(Cc2ccc(-c3ccc(OC(F)(F)F)cc3)cc2)C(=O)Cn2c(CCc3cccc(F)c3F)nc(=O)c3ccccc32)CC1. The van der Waals surface area contributed by atoms with Gasteiger partial charge in [-0.15, -0.1) is 13.2 Å². The van der Waals surface area contributed by atoms with Gasteiger partial charge in [0, 0.05) is 32.1 Å². The highest BCUT2D eigenvalue weighted by Gasteiger charge is 2.41. The lowest BCUT2D eigenvalue weighted by Gasteiger charge is -2.45. The molecule has 300 valence electrons. The quantitative estimate of drug-likeness (QED) is 0.113. The fourth-order valence-corrected chi connectivity index (χ4v) is 7.68. The third-order valence-corrected chi connectivity index (χ3v) is 10.8. The summed E-state index contributed by atoms with van der Waals surface area (Å²) < 4.78 is 72.3. The molecule has 1 aliphatic rings. The van der Waals surface area contributed by atoms with Crippen molar-refractivity contribution in [2.75, 3.05) is 13.1 Å². The topological polar surface area (TPSA) is 105 Å². The Kier molecular flexibility index (Phi) is 12.4. The lowest BCUT2D eigenvalue weighted by molar-refractivity contribution is -0.274. The number of para-hydroxylation sites is 1. The van der Waals surface area contributed by atoms with Gasteiger partial charge in [0.1, 0.15) is 23.7 Å². The van der Waals surface area contributed by atoms with E-state index in [2.05, 4.69) is 9.72 Å². The van der Waals surface area contributed by atoms with E-state index < -0.39 is 35.1 Å². The molecule has 0 spiro atoms. The van der Waals surface area contributed by atoms with Crippen molar-refractivity contribution in [3.05, 3.63) is 130 Å². The number of alkyl halides is 3. The molecule has 1 amide bonds. The zero-order chi connectivity index (χ0) is 40.9. The first-order chi connectivity index (χ1) is 27.2. The number of carbonyl (C=O) groups is 2.